The third-order valence-corrected chi connectivity index (χ3v) is 3.23. The molecule has 0 fully saturated rings. The van der Waals surface area contributed by atoms with Gasteiger partial charge >= 0.3 is 0 Å². The number of allylic oxidation sites excluding steroid dienone is 3. The molecule has 0 bridgehead atoms. The van der Waals surface area contributed by atoms with Crippen LogP contribution >= 0.6 is 0 Å². The Bertz CT molecular complexity index is 443. The zero-order valence-corrected chi connectivity index (χ0v) is 11.7. The minimum atomic E-state index is 0.419. The van der Waals surface area contributed by atoms with Crippen molar-refractivity contribution in [3.05, 3.63) is 66.8 Å². The minimum absolute atomic E-state index is 0.419. The van der Waals surface area contributed by atoms with Crippen LogP contribution in [0.4, 0.5) is 0 Å². The van der Waals surface area contributed by atoms with Crippen LogP contribution < -0.4 is 0 Å². The fraction of sp³-hybridized carbons (Fsp3) is 0.333. The summed E-state index contributed by atoms with van der Waals surface area (Å²) in [5.74, 6) is 0.419. The van der Waals surface area contributed by atoms with Gasteiger partial charge in [-0.05, 0) is 61.3 Å². The van der Waals surface area contributed by atoms with Crippen molar-refractivity contribution >= 4 is 0 Å². The number of aromatic hydroxyl groups is 1. The predicted octanol–water partition coefficient (Wildman–Crippen LogP) is 4.75. The first-order valence-corrected chi connectivity index (χ1v) is 6.89. The average Bonchev–Trinajstić information content (AvgIpc) is 2.41. The summed E-state index contributed by atoms with van der Waals surface area (Å²) in [4.78, 5) is 0. The Labute approximate surface area is 117 Å². The molecule has 0 spiro atoms. The molecule has 0 amide bonds. The number of phenolic OH excluding ortho intramolecular Hbond substituents is 1. The van der Waals surface area contributed by atoms with E-state index in [-0.39, 0.29) is 0 Å². The monoisotopic (exact) mass is 256 g/mol. The van der Waals surface area contributed by atoms with Crippen molar-refractivity contribution in [2.45, 2.75) is 38.5 Å². The van der Waals surface area contributed by atoms with Crippen LogP contribution in [0.25, 0.3) is 0 Å². The van der Waals surface area contributed by atoms with Gasteiger partial charge in [-0.3, -0.25) is 0 Å². The molecule has 0 atom stereocenters. The molecule has 0 heterocycles. The molecule has 19 heavy (non-hydrogen) atoms. The van der Waals surface area contributed by atoms with E-state index < -0.39 is 0 Å². The van der Waals surface area contributed by atoms with Gasteiger partial charge in [-0.2, -0.15) is 0 Å². The summed E-state index contributed by atoms with van der Waals surface area (Å²) in [5.41, 5.74) is 3.48. The van der Waals surface area contributed by atoms with Crippen LogP contribution in [-0.2, 0) is 19.3 Å². The molecule has 0 radical (unpaired) electrons. The molecule has 1 heteroatoms. The first-order valence-electron chi connectivity index (χ1n) is 6.89. The quantitative estimate of drug-likeness (QED) is 0.632. The SMILES string of the molecule is C=CCCc1cc(O)c(CCC=C)c(CCC=C)c1. The van der Waals surface area contributed by atoms with E-state index in [1.807, 2.05) is 24.3 Å². The molecule has 0 unspecified atom stereocenters. The highest BCUT2D eigenvalue weighted by Crippen LogP contribution is 2.27. The van der Waals surface area contributed by atoms with E-state index in [0.717, 1.165) is 44.1 Å². The fourth-order valence-electron chi connectivity index (χ4n) is 2.21. The van der Waals surface area contributed by atoms with Crippen LogP contribution in [0.2, 0.25) is 0 Å². The lowest BCUT2D eigenvalue weighted by atomic mass is 9.94. The molecule has 102 valence electrons. The summed E-state index contributed by atoms with van der Waals surface area (Å²) < 4.78 is 0. The molecule has 0 aliphatic heterocycles. The van der Waals surface area contributed by atoms with E-state index in [2.05, 4.69) is 25.8 Å². The minimum Gasteiger partial charge on any atom is -0.508 e. The molecule has 0 aliphatic rings. The summed E-state index contributed by atoms with van der Waals surface area (Å²) in [5, 5.41) is 10.2. The van der Waals surface area contributed by atoms with Gasteiger partial charge in [0.25, 0.3) is 0 Å². The summed E-state index contributed by atoms with van der Waals surface area (Å²) in [6, 6.07) is 4.10. The van der Waals surface area contributed by atoms with E-state index >= 15 is 0 Å². The molecule has 1 nitrogen and oxygen atoms in total. The summed E-state index contributed by atoms with van der Waals surface area (Å²) in [6.07, 6.45) is 11.2. The molecule has 1 rings (SSSR count). The van der Waals surface area contributed by atoms with Crippen molar-refractivity contribution in [3.63, 3.8) is 0 Å². The van der Waals surface area contributed by atoms with Gasteiger partial charge in [0.2, 0.25) is 0 Å². The van der Waals surface area contributed by atoms with Gasteiger partial charge in [-0.1, -0.05) is 24.3 Å². The highest BCUT2D eigenvalue weighted by Gasteiger charge is 2.09. The Hall–Kier alpha value is -1.76. The second kappa shape index (κ2) is 8.36. The molecular weight excluding hydrogens is 232 g/mol. The van der Waals surface area contributed by atoms with Crippen molar-refractivity contribution in [1.29, 1.82) is 0 Å². The molecule has 1 aromatic rings. The smallest absolute Gasteiger partial charge is 0.119 e. The zero-order chi connectivity index (χ0) is 14.1. The average molecular weight is 256 g/mol. The number of hydrogen-bond acceptors (Lipinski definition) is 1. The van der Waals surface area contributed by atoms with Gasteiger partial charge < -0.3 is 5.11 Å². The Morgan fingerprint density at radius 3 is 2.05 bits per heavy atom. The molecular formula is C18H24O. The van der Waals surface area contributed by atoms with E-state index in [4.69, 9.17) is 0 Å². The van der Waals surface area contributed by atoms with Crippen molar-refractivity contribution in [2.75, 3.05) is 0 Å². The van der Waals surface area contributed by atoms with E-state index in [1.54, 1.807) is 0 Å². The number of hydrogen-bond donors (Lipinski definition) is 1. The molecule has 0 saturated heterocycles. The van der Waals surface area contributed by atoms with E-state index in [9.17, 15) is 5.11 Å². The van der Waals surface area contributed by atoms with Crippen molar-refractivity contribution < 1.29 is 5.11 Å². The number of aryl methyl sites for hydroxylation is 2. The van der Waals surface area contributed by atoms with Crippen molar-refractivity contribution in [1.82, 2.24) is 0 Å². The molecule has 0 aliphatic carbocycles. The van der Waals surface area contributed by atoms with Crippen LogP contribution in [0.1, 0.15) is 36.0 Å². The van der Waals surface area contributed by atoms with Crippen molar-refractivity contribution in [3.8, 4) is 5.75 Å². The number of phenols is 1. The Kier molecular flexibility index (Phi) is 6.73. The number of rotatable bonds is 9. The van der Waals surface area contributed by atoms with Crippen LogP contribution in [0.15, 0.2) is 50.1 Å². The van der Waals surface area contributed by atoms with Gasteiger partial charge in [0, 0.05) is 0 Å². The standard InChI is InChI=1S/C18H24O/c1-4-7-10-15-13-16(11-8-5-2)17(12-9-6-3)18(19)14-15/h4-6,13-14,19H,1-3,7-12H2. The first-order chi connectivity index (χ1) is 9.22. The van der Waals surface area contributed by atoms with Crippen LogP contribution in [0, 0.1) is 0 Å². The second-order valence-electron chi connectivity index (χ2n) is 4.73. The summed E-state index contributed by atoms with van der Waals surface area (Å²) in [7, 11) is 0. The van der Waals surface area contributed by atoms with Crippen LogP contribution in [0.3, 0.4) is 0 Å². The summed E-state index contributed by atoms with van der Waals surface area (Å²) >= 11 is 0. The second-order valence-corrected chi connectivity index (χ2v) is 4.73. The Morgan fingerprint density at radius 2 is 1.42 bits per heavy atom. The predicted molar refractivity (Wildman–Crippen MR) is 83.7 cm³/mol. The highest BCUT2D eigenvalue weighted by molar-refractivity contribution is 5.43. The van der Waals surface area contributed by atoms with Crippen LogP contribution in [-0.4, -0.2) is 5.11 Å². The third kappa shape index (κ3) is 4.78. The maximum absolute atomic E-state index is 10.2. The first kappa shape index (κ1) is 15.3. The highest BCUT2D eigenvalue weighted by atomic mass is 16.3. The number of benzene rings is 1. The molecule has 0 aromatic heterocycles. The third-order valence-electron chi connectivity index (χ3n) is 3.23. The Balaban J connectivity index is 3.01. The largest absolute Gasteiger partial charge is 0.508 e. The van der Waals surface area contributed by atoms with E-state index in [1.165, 1.54) is 11.1 Å². The van der Waals surface area contributed by atoms with Gasteiger partial charge in [0.15, 0.2) is 0 Å². The lowest BCUT2D eigenvalue weighted by Crippen LogP contribution is -1.98. The molecule has 1 aromatic carbocycles. The fourth-order valence-corrected chi connectivity index (χ4v) is 2.21. The van der Waals surface area contributed by atoms with Crippen LogP contribution in [0.5, 0.6) is 5.75 Å². The zero-order valence-electron chi connectivity index (χ0n) is 11.7. The Morgan fingerprint density at radius 1 is 0.842 bits per heavy atom. The van der Waals surface area contributed by atoms with Gasteiger partial charge in [0.05, 0.1) is 0 Å². The lowest BCUT2D eigenvalue weighted by molar-refractivity contribution is 0.466. The van der Waals surface area contributed by atoms with E-state index in [0.29, 0.717) is 5.75 Å². The summed E-state index contributed by atoms with van der Waals surface area (Å²) in [6.45, 7) is 11.3. The maximum Gasteiger partial charge on any atom is 0.119 e. The maximum atomic E-state index is 10.2. The van der Waals surface area contributed by atoms with Crippen molar-refractivity contribution in [2.24, 2.45) is 0 Å². The topological polar surface area (TPSA) is 20.2 Å². The lowest BCUT2D eigenvalue weighted by Gasteiger charge is -2.13. The van der Waals surface area contributed by atoms with Gasteiger partial charge in [0.1, 0.15) is 5.75 Å². The van der Waals surface area contributed by atoms with Gasteiger partial charge in [-0.15, -0.1) is 19.7 Å². The normalized spacial score (nSPS) is 10.1. The van der Waals surface area contributed by atoms with Gasteiger partial charge in [-0.25, -0.2) is 0 Å². The molecule has 1 N–H and O–H groups in total. The molecule has 0 saturated carbocycles.